The van der Waals surface area contributed by atoms with Crippen LogP contribution in [0, 0.1) is 13.8 Å². The molecule has 112 valence electrons. The predicted octanol–water partition coefficient (Wildman–Crippen LogP) is 3.96. The average Bonchev–Trinajstić information content (AvgIpc) is 2.67. The van der Waals surface area contributed by atoms with Gasteiger partial charge in [0.1, 0.15) is 0 Å². The Morgan fingerprint density at radius 2 is 1.60 bits per heavy atom. The number of aryl methyl sites for hydroxylation is 2. The molecule has 0 bridgehead atoms. The molecule has 2 nitrogen and oxygen atoms in total. The zero-order chi connectivity index (χ0) is 14.5. The normalized spacial score (nSPS) is 19.1. The van der Waals surface area contributed by atoms with E-state index in [9.17, 15) is 0 Å². The van der Waals surface area contributed by atoms with E-state index >= 15 is 0 Å². The summed E-state index contributed by atoms with van der Waals surface area (Å²) < 4.78 is 0. The van der Waals surface area contributed by atoms with Gasteiger partial charge >= 0.3 is 0 Å². The number of benzene rings is 1. The van der Waals surface area contributed by atoms with E-state index in [1.54, 1.807) is 0 Å². The first kappa shape index (κ1) is 15.5. The van der Waals surface area contributed by atoms with E-state index in [0.29, 0.717) is 18.6 Å². The second-order valence-electron chi connectivity index (χ2n) is 6.48. The average molecular weight is 274 g/mol. The van der Waals surface area contributed by atoms with Gasteiger partial charge in [0.15, 0.2) is 0 Å². The zero-order valence-electron chi connectivity index (χ0n) is 13.4. The Morgan fingerprint density at radius 1 is 1.05 bits per heavy atom. The van der Waals surface area contributed by atoms with Crippen LogP contribution < -0.4 is 5.73 Å². The van der Waals surface area contributed by atoms with Gasteiger partial charge < -0.3 is 5.73 Å². The van der Waals surface area contributed by atoms with Crippen LogP contribution in [0.2, 0.25) is 0 Å². The molecule has 20 heavy (non-hydrogen) atoms. The van der Waals surface area contributed by atoms with Crippen LogP contribution in [-0.4, -0.2) is 24.5 Å². The molecule has 1 fully saturated rings. The third-order valence-electron chi connectivity index (χ3n) is 4.74. The fraction of sp³-hybridized carbons (Fsp3) is 0.667. The van der Waals surface area contributed by atoms with Crippen LogP contribution in [-0.2, 0) is 0 Å². The third kappa shape index (κ3) is 3.83. The van der Waals surface area contributed by atoms with E-state index in [1.807, 2.05) is 0 Å². The highest BCUT2D eigenvalue weighted by atomic mass is 15.2. The fourth-order valence-corrected chi connectivity index (χ4v) is 3.66. The Bertz CT molecular complexity index is 399. The maximum absolute atomic E-state index is 6.11. The zero-order valence-corrected chi connectivity index (χ0v) is 13.4. The largest absolute Gasteiger partial charge is 0.329 e. The van der Waals surface area contributed by atoms with Crippen molar-refractivity contribution in [3.8, 4) is 0 Å². The van der Waals surface area contributed by atoms with Crippen LogP contribution >= 0.6 is 0 Å². The molecule has 2 rings (SSSR count). The number of hydrogen-bond acceptors (Lipinski definition) is 2. The molecule has 1 aliphatic rings. The Kier molecular flexibility index (Phi) is 5.62. The first-order valence-electron chi connectivity index (χ1n) is 8.12. The van der Waals surface area contributed by atoms with Gasteiger partial charge in [-0.2, -0.15) is 0 Å². The van der Waals surface area contributed by atoms with E-state index in [0.717, 1.165) is 0 Å². The Hall–Kier alpha value is -0.860. The van der Waals surface area contributed by atoms with Gasteiger partial charge in [0.25, 0.3) is 0 Å². The van der Waals surface area contributed by atoms with Gasteiger partial charge in [-0.05, 0) is 39.3 Å². The molecule has 0 heterocycles. The molecule has 1 aromatic carbocycles. The Labute approximate surface area is 124 Å². The molecule has 0 radical (unpaired) electrons. The summed E-state index contributed by atoms with van der Waals surface area (Å²) in [5.41, 5.74) is 10.2. The van der Waals surface area contributed by atoms with E-state index in [1.165, 1.54) is 55.2 Å². The molecule has 1 saturated carbocycles. The summed E-state index contributed by atoms with van der Waals surface area (Å²) in [7, 11) is 2.27. The number of likely N-dealkylation sites (N-methyl/N-ethyl adjacent to an activating group) is 1. The molecule has 0 amide bonds. The minimum Gasteiger partial charge on any atom is -0.329 e. The van der Waals surface area contributed by atoms with Crippen molar-refractivity contribution in [2.45, 2.75) is 64.5 Å². The molecule has 0 saturated heterocycles. The first-order valence-corrected chi connectivity index (χ1v) is 8.12. The lowest BCUT2D eigenvalue weighted by Gasteiger charge is -2.34. The predicted molar refractivity (Wildman–Crippen MR) is 87.0 cm³/mol. The SMILES string of the molecule is Cc1cc(C)cc(C(CN)N(C)C2CCCCCC2)c1. The van der Waals surface area contributed by atoms with Crippen LogP contribution in [0.4, 0.5) is 0 Å². The standard InChI is InChI=1S/C18H30N2/c1-14-10-15(2)12-16(11-14)18(13-19)20(3)17-8-6-4-5-7-9-17/h10-12,17-18H,4-9,13,19H2,1-3H3. The first-order chi connectivity index (χ1) is 9.61. The summed E-state index contributed by atoms with van der Waals surface area (Å²) in [5, 5.41) is 0. The summed E-state index contributed by atoms with van der Waals surface area (Å²) in [4.78, 5) is 2.54. The molecule has 0 aliphatic heterocycles. The third-order valence-corrected chi connectivity index (χ3v) is 4.74. The van der Waals surface area contributed by atoms with Crippen LogP contribution in [0.15, 0.2) is 18.2 Å². The summed E-state index contributed by atoms with van der Waals surface area (Å²) in [5.74, 6) is 0. The summed E-state index contributed by atoms with van der Waals surface area (Å²) in [6, 6.07) is 7.90. The van der Waals surface area contributed by atoms with Crippen LogP contribution in [0.3, 0.4) is 0 Å². The topological polar surface area (TPSA) is 29.3 Å². The van der Waals surface area contributed by atoms with Crippen molar-refractivity contribution in [3.63, 3.8) is 0 Å². The number of nitrogens with two attached hydrogens (primary N) is 1. The molecular weight excluding hydrogens is 244 g/mol. The van der Waals surface area contributed by atoms with Crippen LogP contribution in [0.1, 0.15) is 61.3 Å². The van der Waals surface area contributed by atoms with E-state index in [4.69, 9.17) is 5.73 Å². The van der Waals surface area contributed by atoms with Crippen molar-refractivity contribution in [1.82, 2.24) is 4.90 Å². The maximum Gasteiger partial charge on any atom is 0.0470 e. The van der Waals surface area contributed by atoms with Gasteiger partial charge in [0, 0.05) is 18.6 Å². The molecule has 2 N–H and O–H groups in total. The van der Waals surface area contributed by atoms with Crippen molar-refractivity contribution >= 4 is 0 Å². The number of hydrogen-bond donors (Lipinski definition) is 1. The smallest absolute Gasteiger partial charge is 0.0470 e. The van der Waals surface area contributed by atoms with Crippen molar-refractivity contribution in [3.05, 3.63) is 34.9 Å². The van der Waals surface area contributed by atoms with Crippen LogP contribution in [0.5, 0.6) is 0 Å². The van der Waals surface area contributed by atoms with E-state index < -0.39 is 0 Å². The second kappa shape index (κ2) is 7.24. The van der Waals surface area contributed by atoms with Crippen LogP contribution in [0.25, 0.3) is 0 Å². The second-order valence-corrected chi connectivity index (χ2v) is 6.48. The van der Waals surface area contributed by atoms with Gasteiger partial charge in [-0.25, -0.2) is 0 Å². The summed E-state index contributed by atoms with van der Waals surface area (Å²) in [6.07, 6.45) is 8.22. The monoisotopic (exact) mass is 274 g/mol. The lowest BCUT2D eigenvalue weighted by molar-refractivity contribution is 0.161. The van der Waals surface area contributed by atoms with Crippen molar-refractivity contribution in [2.24, 2.45) is 5.73 Å². The van der Waals surface area contributed by atoms with Gasteiger partial charge in [-0.3, -0.25) is 4.90 Å². The lowest BCUT2D eigenvalue weighted by Crippen LogP contribution is -2.38. The maximum atomic E-state index is 6.11. The summed E-state index contributed by atoms with van der Waals surface area (Å²) >= 11 is 0. The molecule has 1 aliphatic carbocycles. The fourth-order valence-electron chi connectivity index (χ4n) is 3.66. The minimum absolute atomic E-state index is 0.358. The molecule has 0 spiro atoms. The van der Waals surface area contributed by atoms with Gasteiger partial charge in [-0.15, -0.1) is 0 Å². The van der Waals surface area contributed by atoms with E-state index in [-0.39, 0.29) is 0 Å². The lowest BCUT2D eigenvalue weighted by atomic mass is 9.97. The number of rotatable bonds is 4. The van der Waals surface area contributed by atoms with Crippen molar-refractivity contribution < 1.29 is 0 Å². The Balaban J connectivity index is 2.17. The molecular formula is C18H30N2. The summed E-state index contributed by atoms with van der Waals surface area (Å²) in [6.45, 7) is 5.06. The Morgan fingerprint density at radius 3 is 2.10 bits per heavy atom. The molecule has 1 atom stereocenters. The highest BCUT2D eigenvalue weighted by Gasteiger charge is 2.24. The van der Waals surface area contributed by atoms with Gasteiger partial charge in [-0.1, -0.05) is 55.0 Å². The number of nitrogens with zero attached hydrogens (tertiary/aromatic N) is 1. The highest BCUT2D eigenvalue weighted by Crippen LogP contribution is 2.28. The van der Waals surface area contributed by atoms with Crippen molar-refractivity contribution in [1.29, 1.82) is 0 Å². The van der Waals surface area contributed by atoms with E-state index in [2.05, 4.69) is 44.0 Å². The molecule has 2 heteroatoms. The minimum atomic E-state index is 0.358. The highest BCUT2D eigenvalue weighted by molar-refractivity contribution is 5.31. The van der Waals surface area contributed by atoms with Gasteiger partial charge in [0.2, 0.25) is 0 Å². The molecule has 1 unspecified atom stereocenters. The molecule has 1 aromatic rings. The van der Waals surface area contributed by atoms with Gasteiger partial charge in [0.05, 0.1) is 0 Å². The quantitative estimate of drug-likeness (QED) is 0.842. The molecule has 0 aromatic heterocycles. The van der Waals surface area contributed by atoms with Crippen molar-refractivity contribution in [2.75, 3.05) is 13.6 Å².